The molecule has 0 radical (unpaired) electrons. The van der Waals surface area contributed by atoms with Gasteiger partial charge in [0.15, 0.2) is 0 Å². The van der Waals surface area contributed by atoms with Crippen LogP contribution in [0.15, 0.2) is 54.6 Å². The third kappa shape index (κ3) is 3.17. The Morgan fingerprint density at radius 2 is 1.61 bits per heavy atom. The summed E-state index contributed by atoms with van der Waals surface area (Å²) in [7, 11) is 0. The summed E-state index contributed by atoms with van der Waals surface area (Å²) in [5.41, 5.74) is 8.54. The number of rotatable bonds is 4. The van der Waals surface area contributed by atoms with Gasteiger partial charge in [-0.3, -0.25) is 0 Å². The summed E-state index contributed by atoms with van der Waals surface area (Å²) in [5.74, 6) is 0.0830. The highest BCUT2D eigenvalue weighted by molar-refractivity contribution is 5.23. The van der Waals surface area contributed by atoms with Crippen LogP contribution in [0, 0.1) is 5.82 Å². The van der Waals surface area contributed by atoms with Crippen molar-refractivity contribution in [3.8, 4) is 0 Å². The second-order valence-electron chi connectivity index (χ2n) is 4.69. The molecule has 18 heavy (non-hydrogen) atoms. The van der Waals surface area contributed by atoms with Gasteiger partial charge in [0.25, 0.3) is 0 Å². The van der Waals surface area contributed by atoms with E-state index < -0.39 is 0 Å². The lowest BCUT2D eigenvalue weighted by Gasteiger charge is -2.20. The average molecular weight is 243 g/mol. The van der Waals surface area contributed by atoms with Gasteiger partial charge < -0.3 is 5.73 Å². The molecule has 0 spiro atoms. The molecule has 2 atom stereocenters. The standard InChI is InChI=1S/C16H18FN/c1-12(14-5-3-2-4-6-14)16(18)11-13-7-9-15(17)10-8-13/h2-10,12,16H,11,18H2,1H3. The minimum atomic E-state index is -0.205. The van der Waals surface area contributed by atoms with Crippen molar-refractivity contribution in [3.05, 3.63) is 71.5 Å². The van der Waals surface area contributed by atoms with E-state index in [1.165, 1.54) is 17.7 Å². The van der Waals surface area contributed by atoms with Crippen molar-refractivity contribution in [2.24, 2.45) is 5.73 Å². The maximum atomic E-state index is 12.8. The van der Waals surface area contributed by atoms with Gasteiger partial charge in [0.2, 0.25) is 0 Å². The summed E-state index contributed by atoms with van der Waals surface area (Å²) in [4.78, 5) is 0. The molecular formula is C16H18FN. The Balaban J connectivity index is 2.03. The molecule has 0 aliphatic heterocycles. The second-order valence-corrected chi connectivity index (χ2v) is 4.69. The first-order chi connectivity index (χ1) is 8.66. The minimum absolute atomic E-state index is 0.0397. The van der Waals surface area contributed by atoms with E-state index >= 15 is 0 Å². The van der Waals surface area contributed by atoms with Crippen molar-refractivity contribution in [2.45, 2.75) is 25.3 Å². The molecule has 2 unspecified atom stereocenters. The number of halogens is 1. The average Bonchev–Trinajstić information content (AvgIpc) is 2.41. The van der Waals surface area contributed by atoms with Gasteiger partial charge in [-0.2, -0.15) is 0 Å². The van der Waals surface area contributed by atoms with Gasteiger partial charge in [0, 0.05) is 6.04 Å². The molecule has 2 aromatic carbocycles. The van der Waals surface area contributed by atoms with E-state index in [2.05, 4.69) is 19.1 Å². The van der Waals surface area contributed by atoms with E-state index in [1.54, 1.807) is 12.1 Å². The lowest BCUT2D eigenvalue weighted by Crippen LogP contribution is -2.29. The topological polar surface area (TPSA) is 26.0 Å². The molecular weight excluding hydrogens is 225 g/mol. The highest BCUT2D eigenvalue weighted by Gasteiger charge is 2.14. The van der Waals surface area contributed by atoms with Crippen LogP contribution in [0.2, 0.25) is 0 Å². The molecule has 94 valence electrons. The fourth-order valence-electron chi connectivity index (χ4n) is 2.07. The smallest absolute Gasteiger partial charge is 0.123 e. The molecule has 2 aromatic rings. The summed E-state index contributed by atoms with van der Waals surface area (Å²) in [5, 5.41) is 0. The molecule has 2 N–H and O–H groups in total. The SMILES string of the molecule is CC(c1ccccc1)C(N)Cc1ccc(F)cc1. The number of hydrogen-bond acceptors (Lipinski definition) is 1. The molecule has 0 bridgehead atoms. The van der Waals surface area contributed by atoms with Crippen molar-refractivity contribution in [3.63, 3.8) is 0 Å². The van der Waals surface area contributed by atoms with E-state index in [0.717, 1.165) is 12.0 Å². The molecule has 0 aromatic heterocycles. The van der Waals surface area contributed by atoms with Crippen LogP contribution in [-0.4, -0.2) is 6.04 Å². The maximum absolute atomic E-state index is 12.8. The van der Waals surface area contributed by atoms with Crippen LogP contribution in [-0.2, 0) is 6.42 Å². The van der Waals surface area contributed by atoms with Crippen molar-refractivity contribution in [1.82, 2.24) is 0 Å². The summed E-state index contributed by atoms with van der Waals surface area (Å²) >= 11 is 0. The molecule has 0 aliphatic carbocycles. The lowest BCUT2D eigenvalue weighted by atomic mass is 9.90. The fraction of sp³-hybridized carbons (Fsp3) is 0.250. The predicted molar refractivity (Wildman–Crippen MR) is 72.9 cm³/mol. The van der Waals surface area contributed by atoms with E-state index in [0.29, 0.717) is 0 Å². The van der Waals surface area contributed by atoms with Gasteiger partial charge in [-0.15, -0.1) is 0 Å². The normalized spacial score (nSPS) is 14.2. The van der Waals surface area contributed by atoms with Crippen LogP contribution < -0.4 is 5.73 Å². The molecule has 0 amide bonds. The number of benzene rings is 2. The lowest BCUT2D eigenvalue weighted by molar-refractivity contribution is 0.562. The molecule has 0 saturated carbocycles. The highest BCUT2D eigenvalue weighted by Crippen LogP contribution is 2.20. The third-order valence-electron chi connectivity index (χ3n) is 3.35. The van der Waals surface area contributed by atoms with E-state index in [9.17, 15) is 4.39 Å². The number of nitrogens with two attached hydrogens (primary N) is 1. The summed E-state index contributed by atoms with van der Waals surface area (Å²) in [6.45, 7) is 2.13. The van der Waals surface area contributed by atoms with Crippen molar-refractivity contribution >= 4 is 0 Å². The first kappa shape index (κ1) is 12.8. The Hall–Kier alpha value is -1.67. The predicted octanol–water partition coefficient (Wildman–Crippen LogP) is 3.50. The highest BCUT2D eigenvalue weighted by atomic mass is 19.1. The number of hydrogen-bond donors (Lipinski definition) is 1. The first-order valence-corrected chi connectivity index (χ1v) is 6.22. The van der Waals surface area contributed by atoms with Gasteiger partial charge in [0.1, 0.15) is 5.82 Å². The van der Waals surface area contributed by atoms with Crippen LogP contribution >= 0.6 is 0 Å². The zero-order valence-corrected chi connectivity index (χ0v) is 10.5. The Morgan fingerprint density at radius 1 is 1.00 bits per heavy atom. The summed E-state index contributed by atoms with van der Waals surface area (Å²) in [6.07, 6.45) is 0.760. The van der Waals surface area contributed by atoms with Crippen molar-refractivity contribution in [2.75, 3.05) is 0 Å². The van der Waals surface area contributed by atoms with Gasteiger partial charge in [0.05, 0.1) is 0 Å². The molecule has 0 heterocycles. The molecule has 1 nitrogen and oxygen atoms in total. The van der Waals surface area contributed by atoms with Crippen molar-refractivity contribution in [1.29, 1.82) is 0 Å². The van der Waals surface area contributed by atoms with Crippen LogP contribution in [0.1, 0.15) is 24.0 Å². The van der Waals surface area contributed by atoms with Gasteiger partial charge >= 0.3 is 0 Å². The largest absolute Gasteiger partial charge is 0.327 e. The summed E-state index contributed by atoms with van der Waals surface area (Å²) in [6, 6.07) is 16.8. The second kappa shape index (κ2) is 5.78. The van der Waals surface area contributed by atoms with Crippen LogP contribution in [0.5, 0.6) is 0 Å². The Kier molecular flexibility index (Phi) is 4.11. The molecule has 2 heteroatoms. The first-order valence-electron chi connectivity index (χ1n) is 6.22. The fourth-order valence-corrected chi connectivity index (χ4v) is 2.07. The summed E-state index contributed by atoms with van der Waals surface area (Å²) < 4.78 is 12.8. The zero-order chi connectivity index (χ0) is 13.0. The van der Waals surface area contributed by atoms with E-state index in [4.69, 9.17) is 5.73 Å². The Bertz CT molecular complexity index is 478. The third-order valence-corrected chi connectivity index (χ3v) is 3.35. The van der Waals surface area contributed by atoms with Crippen molar-refractivity contribution < 1.29 is 4.39 Å². The van der Waals surface area contributed by atoms with Crippen LogP contribution in [0.4, 0.5) is 4.39 Å². The minimum Gasteiger partial charge on any atom is -0.327 e. The Labute approximate surface area is 107 Å². The Morgan fingerprint density at radius 3 is 2.22 bits per heavy atom. The maximum Gasteiger partial charge on any atom is 0.123 e. The van der Waals surface area contributed by atoms with Crippen LogP contribution in [0.25, 0.3) is 0 Å². The van der Waals surface area contributed by atoms with Gasteiger partial charge in [-0.05, 0) is 35.6 Å². The molecule has 2 rings (SSSR count). The van der Waals surface area contributed by atoms with Gasteiger partial charge in [-0.25, -0.2) is 4.39 Å². The molecule has 0 saturated heterocycles. The zero-order valence-electron chi connectivity index (χ0n) is 10.5. The van der Waals surface area contributed by atoms with E-state index in [-0.39, 0.29) is 17.8 Å². The molecule has 0 fully saturated rings. The van der Waals surface area contributed by atoms with Gasteiger partial charge in [-0.1, -0.05) is 49.4 Å². The van der Waals surface area contributed by atoms with E-state index in [1.807, 2.05) is 18.2 Å². The van der Waals surface area contributed by atoms with Crippen LogP contribution in [0.3, 0.4) is 0 Å². The monoisotopic (exact) mass is 243 g/mol. The quantitative estimate of drug-likeness (QED) is 0.874. The molecule has 0 aliphatic rings.